The van der Waals surface area contributed by atoms with Crippen LogP contribution >= 0.6 is 0 Å². The van der Waals surface area contributed by atoms with Gasteiger partial charge in [-0.2, -0.15) is 0 Å². The van der Waals surface area contributed by atoms with Crippen molar-refractivity contribution >= 4 is 0 Å². The molecule has 2 aliphatic heterocycles. The lowest BCUT2D eigenvalue weighted by atomic mass is 9.80. The van der Waals surface area contributed by atoms with Gasteiger partial charge in [0.15, 0.2) is 0 Å². The summed E-state index contributed by atoms with van der Waals surface area (Å²) in [6, 6.07) is 0. The van der Waals surface area contributed by atoms with Crippen LogP contribution in [0.2, 0.25) is 0 Å². The maximum absolute atomic E-state index is 9.00. The van der Waals surface area contributed by atoms with Crippen LogP contribution in [0.5, 0.6) is 0 Å². The Hall–Kier alpha value is -0.120. The van der Waals surface area contributed by atoms with Gasteiger partial charge in [-0.05, 0) is 12.8 Å². The third-order valence-corrected chi connectivity index (χ3v) is 3.01. The highest BCUT2D eigenvalue weighted by atomic mass is 16.5. The van der Waals surface area contributed by atoms with Crippen LogP contribution in [0.15, 0.2) is 0 Å². The highest BCUT2D eigenvalue weighted by Crippen LogP contribution is 2.42. The summed E-state index contributed by atoms with van der Waals surface area (Å²) >= 11 is 0. The van der Waals surface area contributed by atoms with E-state index in [1.807, 2.05) is 0 Å². The van der Waals surface area contributed by atoms with Crippen molar-refractivity contribution in [2.45, 2.75) is 25.0 Å². The van der Waals surface area contributed by atoms with Gasteiger partial charge in [-0.3, -0.25) is 0 Å². The van der Waals surface area contributed by atoms with Crippen LogP contribution in [0, 0.1) is 11.8 Å². The van der Waals surface area contributed by atoms with Gasteiger partial charge in [0, 0.05) is 25.0 Å². The second-order valence-corrected chi connectivity index (χ2v) is 3.48. The Morgan fingerprint density at radius 1 is 1.00 bits per heavy atom. The van der Waals surface area contributed by atoms with Gasteiger partial charge in [0.2, 0.25) is 0 Å². The molecule has 2 aliphatic rings. The summed E-state index contributed by atoms with van der Waals surface area (Å²) in [4.78, 5) is 0. The Kier molecular flexibility index (Phi) is 1.87. The number of rotatable bonds is 2. The van der Waals surface area contributed by atoms with Gasteiger partial charge in [0.05, 0.1) is 12.2 Å². The normalized spacial score (nSPS) is 48.5. The maximum atomic E-state index is 9.00. The van der Waals surface area contributed by atoms with Crippen molar-refractivity contribution in [2.24, 2.45) is 11.8 Å². The minimum atomic E-state index is 0.159. The van der Waals surface area contributed by atoms with Gasteiger partial charge in [-0.15, -0.1) is 0 Å². The quantitative estimate of drug-likeness (QED) is 0.583. The first-order valence-electron chi connectivity index (χ1n) is 4.24. The van der Waals surface area contributed by atoms with Crippen molar-refractivity contribution in [3.8, 4) is 0 Å². The van der Waals surface area contributed by atoms with Crippen LogP contribution in [0.4, 0.5) is 0 Å². The molecule has 0 unspecified atom stereocenters. The Balaban J connectivity index is 2.08. The van der Waals surface area contributed by atoms with Crippen molar-refractivity contribution in [1.82, 2.24) is 0 Å². The summed E-state index contributed by atoms with van der Waals surface area (Å²) in [5.41, 5.74) is 0. The molecular formula is C8H14O3. The molecule has 0 radical (unpaired) electrons. The molecule has 3 heteroatoms. The van der Waals surface area contributed by atoms with Crippen LogP contribution < -0.4 is 0 Å². The SMILES string of the molecule is OC[C@@H]1[C@H](CO)[C@@H]2CC[C@H]1O2. The van der Waals surface area contributed by atoms with Gasteiger partial charge in [0.25, 0.3) is 0 Å². The molecule has 0 amide bonds. The van der Waals surface area contributed by atoms with E-state index in [0.29, 0.717) is 0 Å². The predicted octanol–water partition coefficient (Wildman–Crippen LogP) is -0.235. The third-order valence-electron chi connectivity index (χ3n) is 3.01. The fraction of sp³-hybridized carbons (Fsp3) is 1.00. The molecule has 0 aromatic heterocycles. The molecule has 11 heavy (non-hydrogen) atoms. The highest BCUT2D eigenvalue weighted by molar-refractivity contribution is 4.95. The van der Waals surface area contributed by atoms with E-state index in [2.05, 4.69) is 0 Å². The van der Waals surface area contributed by atoms with Crippen molar-refractivity contribution in [2.75, 3.05) is 13.2 Å². The molecular weight excluding hydrogens is 144 g/mol. The van der Waals surface area contributed by atoms with Crippen molar-refractivity contribution in [1.29, 1.82) is 0 Å². The minimum Gasteiger partial charge on any atom is -0.396 e. The number of aliphatic hydroxyl groups is 2. The first-order chi connectivity index (χ1) is 5.36. The molecule has 0 spiro atoms. The van der Waals surface area contributed by atoms with Crippen LogP contribution in [0.1, 0.15) is 12.8 Å². The van der Waals surface area contributed by atoms with E-state index < -0.39 is 0 Å². The fourth-order valence-corrected chi connectivity index (χ4v) is 2.38. The Labute approximate surface area is 66.0 Å². The predicted molar refractivity (Wildman–Crippen MR) is 39.0 cm³/mol. The lowest BCUT2D eigenvalue weighted by Crippen LogP contribution is -2.32. The average molecular weight is 158 g/mol. The Morgan fingerprint density at radius 3 is 1.82 bits per heavy atom. The second-order valence-electron chi connectivity index (χ2n) is 3.48. The van der Waals surface area contributed by atoms with E-state index in [0.717, 1.165) is 12.8 Å². The number of aliphatic hydroxyl groups excluding tert-OH is 2. The van der Waals surface area contributed by atoms with Crippen LogP contribution in [-0.2, 0) is 4.74 Å². The largest absolute Gasteiger partial charge is 0.396 e. The number of ether oxygens (including phenoxy) is 1. The minimum absolute atomic E-state index is 0.159. The van der Waals surface area contributed by atoms with Crippen LogP contribution in [-0.4, -0.2) is 35.6 Å². The van der Waals surface area contributed by atoms with Gasteiger partial charge >= 0.3 is 0 Å². The summed E-state index contributed by atoms with van der Waals surface area (Å²) in [6.07, 6.45) is 2.57. The van der Waals surface area contributed by atoms with Crippen LogP contribution in [0.25, 0.3) is 0 Å². The van der Waals surface area contributed by atoms with E-state index in [1.54, 1.807) is 0 Å². The Morgan fingerprint density at radius 2 is 1.45 bits per heavy atom. The highest BCUT2D eigenvalue weighted by Gasteiger charge is 2.47. The van der Waals surface area contributed by atoms with Crippen molar-refractivity contribution < 1.29 is 14.9 Å². The summed E-state index contributed by atoms with van der Waals surface area (Å²) in [5, 5.41) is 18.0. The van der Waals surface area contributed by atoms with Crippen LogP contribution in [0.3, 0.4) is 0 Å². The molecule has 4 atom stereocenters. The molecule has 3 nitrogen and oxygen atoms in total. The van der Waals surface area contributed by atoms with Gasteiger partial charge < -0.3 is 14.9 Å². The number of fused-ring (bicyclic) bond motifs is 2. The number of hydrogen-bond acceptors (Lipinski definition) is 3. The molecule has 0 aromatic carbocycles. The molecule has 2 rings (SSSR count). The van der Waals surface area contributed by atoms with E-state index in [-0.39, 0.29) is 37.3 Å². The van der Waals surface area contributed by atoms with E-state index >= 15 is 0 Å². The summed E-state index contributed by atoms with van der Waals surface area (Å²) < 4.78 is 5.56. The topological polar surface area (TPSA) is 49.7 Å². The zero-order valence-electron chi connectivity index (χ0n) is 6.44. The second kappa shape index (κ2) is 2.73. The van der Waals surface area contributed by atoms with Gasteiger partial charge in [-0.1, -0.05) is 0 Å². The standard InChI is InChI=1S/C8H14O3/c9-3-5-6(4-10)8-2-1-7(5)11-8/h5-10H,1-4H2/t5-,6+,7-,8+. The Bertz CT molecular complexity index is 132. The molecule has 2 heterocycles. The molecule has 2 bridgehead atoms. The lowest BCUT2D eigenvalue weighted by Gasteiger charge is -2.24. The third kappa shape index (κ3) is 0.991. The first kappa shape index (κ1) is 7.53. The average Bonchev–Trinajstić information content (AvgIpc) is 2.60. The molecule has 0 aliphatic carbocycles. The van der Waals surface area contributed by atoms with Gasteiger partial charge in [0.1, 0.15) is 0 Å². The zero-order chi connectivity index (χ0) is 7.84. The molecule has 64 valence electrons. The van der Waals surface area contributed by atoms with E-state index in [9.17, 15) is 0 Å². The van der Waals surface area contributed by atoms with Crippen molar-refractivity contribution in [3.05, 3.63) is 0 Å². The van der Waals surface area contributed by atoms with Crippen molar-refractivity contribution in [3.63, 3.8) is 0 Å². The smallest absolute Gasteiger partial charge is 0.0634 e. The first-order valence-corrected chi connectivity index (χ1v) is 4.24. The monoisotopic (exact) mass is 158 g/mol. The molecule has 2 fully saturated rings. The molecule has 0 saturated carbocycles. The zero-order valence-corrected chi connectivity index (χ0v) is 6.44. The lowest BCUT2D eigenvalue weighted by molar-refractivity contribution is 0.0764. The number of hydrogen-bond donors (Lipinski definition) is 2. The molecule has 0 aromatic rings. The van der Waals surface area contributed by atoms with E-state index in [1.165, 1.54) is 0 Å². The summed E-state index contributed by atoms with van der Waals surface area (Å²) in [5.74, 6) is 0.387. The fourth-order valence-electron chi connectivity index (χ4n) is 2.38. The summed E-state index contributed by atoms with van der Waals surface area (Å²) in [7, 11) is 0. The summed E-state index contributed by atoms with van der Waals surface area (Å²) in [6.45, 7) is 0.318. The molecule has 2 saturated heterocycles. The van der Waals surface area contributed by atoms with E-state index in [4.69, 9.17) is 14.9 Å². The van der Waals surface area contributed by atoms with Gasteiger partial charge in [-0.25, -0.2) is 0 Å². The maximum Gasteiger partial charge on any atom is 0.0634 e. The molecule has 2 N–H and O–H groups in total.